The van der Waals surface area contributed by atoms with E-state index in [9.17, 15) is 4.79 Å². The van der Waals surface area contributed by atoms with Crippen molar-refractivity contribution in [1.29, 1.82) is 0 Å². The number of amides is 1. The first-order valence-electron chi connectivity index (χ1n) is 8.36. The van der Waals surface area contributed by atoms with Crippen LogP contribution in [0, 0.1) is 0 Å². The third-order valence-corrected chi connectivity index (χ3v) is 4.90. The quantitative estimate of drug-likeness (QED) is 0.842. The van der Waals surface area contributed by atoms with Crippen LogP contribution in [0.5, 0.6) is 5.75 Å². The van der Waals surface area contributed by atoms with Crippen LogP contribution in [0.4, 0.5) is 0 Å². The van der Waals surface area contributed by atoms with Crippen LogP contribution in [0.3, 0.4) is 0 Å². The molecule has 1 atom stereocenters. The molecule has 1 aromatic carbocycles. The molecular weight excluding hydrogens is 290 g/mol. The maximum Gasteiger partial charge on any atom is 0.260 e. The van der Waals surface area contributed by atoms with Gasteiger partial charge in [0, 0.05) is 44.3 Å². The largest absolute Gasteiger partial charge is 0.484 e. The Morgan fingerprint density at radius 3 is 2.70 bits per heavy atom. The van der Waals surface area contributed by atoms with E-state index in [4.69, 9.17) is 4.74 Å². The van der Waals surface area contributed by atoms with Gasteiger partial charge in [0.2, 0.25) is 0 Å². The highest BCUT2D eigenvalue weighted by Gasteiger charge is 2.42. The highest BCUT2D eigenvalue weighted by molar-refractivity contribution is 5.78. The normalized spacial score (nSPS) is 25.0. The molecule has 23 heavy (non-hydrogen) atoms. The molecule has 126 valence electrons. The Kier molecular flexibility index (Phi) is 4.60. The van der Waals surface area contributed by atoms with E-state index < -0.39 is 0 Å². The number of carbonyl (C=O) groups excluding carboxylic acids is 1. The molecule has 0 saturated carbocycles. The summed E-state index contributed by atoms with van der Waals surface area (Å²) >= 11 is 0. The summed E-state index contributed by atoms with van der Waals surface area (Å²) in [6, 6.07) is 9.94. The predicted molar refractivity (Wildman–Crippen MR) is 90.6 cm³/mol. The molecule has 0 aromatic heterocycles. The second-order valence-electron chi connectivity index (χ2n) is 7.30. The number of piperazine rings is 2. The number of likely N-dealkylation sites (N-methyl/N-ethyl adjacent to an activating group) is 1. The van der Waals surface area contributed by atoms with Crippen LogP contribution >= 0.6 is 0 Å². The van der Waals surface area contributed by atoms with Gasteiger partial charge in [-0.25, -0.2) is 0 Å². The van der Waals surface area contributed by atoms with Crippen LogP contribution in [-0.2, 0) is 4.79 Å². The topological polar surface area (TPSA) is 36.0 Å². The number of fused-ring (bicyclic) bond motifs is 1. The van der Waals surface area contributed by atoms with Gasteiger partial charge in [0.15, 0.2) is 6.61 Å². The Labute approximate surface area is 138 Å². The van der Waals surface area contributed by atoms with Gasteiger partial charge >= 0.3 is 0 Å². The molecule has 0 bridgehead atoms. The lowest BCUT2D eigenvalue weighted by molar-refractivity contribution is -0.140. The molecule has 2 heterocycles. The third kappa shape index (κ3) is 3.67. The molecule has 0 unspecified atom stereocenters. The molecule has 3 rings (SSSR count). The first-order valence-corrected chi connectivity index (χ1v) is 8.36. The highest BCUT2D eigenvalue weighted by Crippen LogP contribution is 2.27. The zero-order valence-electron chi connectivity index (χ0n) is 14.4. The average molecular weight is 317 g/mol. The zero-order valence-corrected chi connectivity index (χ0v) is 14.4. The molecule has 2 fully saturated rings. The van der Waals surface area contributed by atoms with Crippen molar-refractivity contribution in [3.8, 4) is 5.75 Å². The summed E-state index contributed by atoms with van der Waals surface area (Å²) in [5.74, 6) is 0.831. The first-order chi connectivity index (χ1) is 11.0. The average Bonchev–Trinajstić information content (AvgIpc) is 2.52. The van der Waals surface area contributed by atoms with E-state index in [1.54, 1.807) is 0 Å². The fourth-order valence-electron chi connectivity index (χ4n) is 3.96. The number of rotatable bonds is 3. The van der Waals surface area contributed by atoms with Gasteiger partial charge < -0.3 is 14.5 Å². The second-order valence-corrected chi connectivity index (χ2v) is 7.30. The summed E-state index contributed by atoms with van der Waals surface area (Å²) in [4.78, 5) is 19.4. The van der Waals surface area contributed by atoms with Crippen molar-refractivity contribution in [3.05, 3.63) is 30.3 Å². The molecule has 0 N–H and O–H groups in total. The van der Waals surface area contributed by atoms with Crippen LogP contribution in [-0.4, -0.2) is 78.6 Å². The Hall–Kier alpha value is -1.59. The smallest absolute Gasteiger partial charge is 0.260 e. The van der Waals surface area contributed by atoms with Gasteiger partial charge in [0.05, 0.1) is 0 Å². The standard InChI is InChI=1S/C18H27N3O2/c1-18(2)14-19(3)11-15-12-20(9-10-21(15)18)17(22)13-23-16-7-5-4-6-8-16/h4-8,15H,9-14H2,1-3H3/t15-/m1/s1. The number of para-hydroxylation sites is 1. The van der Waals surface area contributed by atoms with Crippen LogP contribution in [0.15, 0.2) is 30.3 Å². The lowest BCUT2D eigenvalue weighted by Crippen LogP contribution is -2.69. The van der Waals surface area contributed by atoms with Crippen molar-refractivity contribution in [2.45, 2.75) is 25.4 Å². The Morgan fingerprint density at radius 2 is 1.96 bits per heavy atom. The number of hydrogen-bond acceptors (Lipinski definition) is 4. The van der Waals surface area contributed by atoms with Gasteiger partial charge in [0.25, 0.3) is 5.91 Å². The summed E-state index contributed by atoms with van der Waals surface area (Å²) < 4.78 is 5.60. The Balaban J connectivity index is 1.57. The summed E-state index contributed by atoms with van der Waals surface area (Å²) in [6.07, 6.45) is 0. The van der Waals surface area contributed by atoms with E-state index in [-0.39, 0.29) is 18.1 Å². The molecule has 2 aliphatic heterocycles. The molecule has 0 radical (unpaired) electrons. The minimum atomic E-state index is 0.0829. The van der Waals surface area contributed by atoms with E-state index in [2.05, 4.69) is 30.7 Å². The molecule has 0 aliphatic carbocycles. The van der Waals surface area contributed by atoms with Crippen LogP contribution in [0.25, 0.3) is 0 Å². The highest BCUT2D eigenvalue weighted by atomic mass is 16.5. The molecule has 0 spiro atoms. The third-order valence-electron chi connectivity index (χ3n) is 4.90. The lowest BCUT2D eigenvalue weighted by Gasteiger charge is -2.55. The minimum Gasteiger partial charge on any atom is -0.484 e. The molecule has 1 amide bonds. The van der Waals surface area contributed by atoms with Gasteiger partial charge in [-0.3, -0.25) is 9.69 Å². The van der Waals surface area contributed by atoms with E-state index in [1.165, 1.54) is 0 Å². The van der Waals surface area contributed by atoms with Crippen molar-refractivity contribution in [2.24, 2.45) is 0 Å². The summed E-state index contributed by atoms with van der Waals surface area (Å²) in [6.45, 7) is 9.35. The van der Waals surface area contributed by atoms with Gasteiger partial charge in [-0.2, -0.15) is 0 Å². The van der Waals surface area contributed by atoms with Gasteiger partial charge in [0.1, 0.15) is 5.75 Å². The van der Waals surface area contributed by atoms with Gasteiger partial charge in [-0.1, -0.05) is 18.2 Å². The lowest BCUT2D eigenvalue weighted by atomic mass is 9.93. The van der Waals surface area contributed by atoms with Crippen LogP contribution < -0.4 is 4.74 Å². The van der Waals surface area contributed by atoms with E-state index in [1.807, 2.05) is 35.2 Å². The molecule has 5 nitrogen and oxygen atoms in total. The number of ether oxygens (including phenoxy) is 1. The van der Waals surface area contributed by atoms with Crippen LogP contribution in [0.2, 0.25) is 0 Å². The molecule has 2 saturated heterocycles. The SMILES string of the molecule is CN1C[C@@H]2CN(C(=O)COc3ccccc3)CCN2C(C)(C)C1. The zero-order chi connectivity index (χ0) is 16.4. The minimum absolute atomic E-state index is 0.0829. The van der Waals surface area contributed by atoms with Gasteiger partial charge in [-0.15, -0.1) is 0 Å². The first kappa shape index (κ1) is 16.3. The van der Waals surface area contributed by atoms with Crippen molar-refractivity contribution >= 4 is 5.91 Å². The predicted octanol–water partition coefficient (Wildman–Crippen LogP) is 1.30. The van der Waals surface area contributed by atoms with Crippen molar-refractivity contribution in [1.82, 2.24) is 14.7 Å². The monoisotopic (exact) mass is 317 g/mol. The Bertz CT molecular complexity index is 546. The Morgan fingerprint density at radius 1 is 1.22 bits per heavy atom. The fraction of sp³-hybridized carbons (Fsp3) is 0.611. The van der Waals surface area contributed by atoms with E-state index in [0.717, 1.165) is 38.5 Å². The van der Waals surface area contributed by atoms with E-state index in [0.29, 0.717) is 6.04 Å². The summed E-state index contributed by atoms with van der Waals surface area (Å²) in [5.41, 5.74) is 0.174. The number of benzene rings is 1. The summed E-state index contributed by atoms with van der Waals surface area (Å²) in [7, 11) is 2.17. The molecule has 5 heteroatoms. The second kappa shape index (κ2) is 6.49. The molecule has 1 aromatic rings. The molecular formula is C18H27N3O2. The van der Waals surface area contributed by atoms with Crippen molar-refractivity contribution in [2.75, 3.05) is 46.4 Å². The maximum atomic E-state index is 12.5. The fourth-order valence-corrected chi connectivity index (χ4v) is 3.96. The van der Waals surface area contributed by atoms with Crippen molar-refractivity contribution < 1.29 is 9.53 Å². The maximum absolute atomic E-state index is 12.5. The molecule has 2 aliphatic rings. The van der Waals surface area contributed by atoms with Crippen LogP contribution in [0.1, 0.15) is 13.8 Å². The number of nitrogens with zero attached hydrogens (tertiary/aromatic N) is 3. The number of carbonyl (C=O) groups is 1. The summed E-state index contributed by atoms with van der Waals surface area (Å²) in [5, 5.41) is 0. The van der Waals surface area contributed by atoms with Gasteiger partial charge in [-0.05, 0) is 33.0 Å². The van der Waals surface area contributed by atoms with Crippen molar-refractivity contribution in [3.63, 3.8) is 0 Å². The van der Waals surface area contributed by atoms with E-state index >= 15 is 0 Å². The number of hydrogen-bond donors (Lipinski definition) is 0.